The number of aryl methyl sites for hydroxylation is 1. The standard InChI is InChI=1S/C30H32ClN5O2S2/c1-2-16-39-18-25(29(38)36-30-35-23-10-5-6-11-26(23)40-30)34-27(37)12-7-15-32-28-20-8-3-4-9-22(20)33-24-17-19(31)13-14-21(24)28/h2,5-6,10-11,13-14,17,25H,1,3-4,7-9,12,15-16,18H2,(H,32,33)(H,34,37)(H,35,36,38). The van der Waals surface area contributed by atoms with E-state index in [-0.39, 0.29) is 11.8 Å². The molecule has 0 spiro atoms. The summed E-state index contributed by atoms with van der Waals surface area (Å²) in [6.07, 6.45) is 6.98. The number of rotatable bonds is 12. The highest BCUT2D eigenvalue weighted by molar-refractivity contribution is 7.99. The minimum atomic E-state index is -0.668. The Kier molecular flexibility index (Phi) is 9.57. The monoisotopic (exact) mass is 593 g/mol. The number of aromatic nitrogens is 2. The minimum absolute atomic E-state index is 0.154. The lowest BCUT2D eigenvalue weighted by Crippen LogP contribution is -2.45. The smallest absolute Gasteiger partial charge is 0.249 e. The van der Waals surface area contributed by atoms with E-state index in [1.165, 1.54) is 16.9 Å². The Morgan fingerprint density at radius 3 is 2.83 bits per heavy atom. The van der Waals surface area contributed by atoms with Gasteiger partial charge in [-0.1, -0.05) is 41.1 Å². The number of amides is 2. The maximum Gasteiger partial charge on any atom is 0.249 e. The molecule has 7 nitrogen and oxygen atoms in total. The number of para-hydroxylation sites is 1. The maximum atomic E-state index is 13.1. The molecule has 1 aliphatic rings. The Balaban J connectivity index is 1.19. The van der Waals surface area contributed by atoms with Gasteiger partial charge in [-0.3, -0.25) is 14.6 Å². The second-order valence-corrected chi connectivity index (χ2v) is 12.3. The summed E-state index contributed by atoms with van der Waals surface area (Å²) in [5.41, 5.74) is 5.25. The number of benzene rings is 2. The van der Waals surface area contributed by atoms with Gasteiger partial charge in [-0.25, -0.2) is 4.98 Å². The zero-order valence-corrected chi connectivity index (χ0v) is 24.6. The number of nitrogens with one attached hydrogen (secondary N) is 3. The van der Waals surface area contributed by atoms with Crippen molar-refractivity contribution >= 4 is 78.5 Å². The first-order chi connectivity index (χ1) is 19.5. The lowest BCUT2D eigenvalue weighted by Gasteiger charge is -2.22. The van der Waals surface area contributed by atoms with Gasteiger partial charge in [0.25, 0.3) is 0 Å². The second-order valence-electron chi connectivity index (χ2n) is 9.73. The van der Waals surface area contributed by atoms with E-state index in [9.17, 15) is 9.59 Å². The Morgan fingerprint density at radius 1 is 1.12 bits per heavy atom. The first-order valence-corrected chi connectivity index (χ1v) is 15.9. The summed E-state index contributed by atoms with van der Waals surface area (Å²) in [5, 5.41) is 11.7. The van der Waals surface area contributed by atoms with Gasteiger partial charge in [0.05, 0.1) is 15.7 Å². The molecular formula is C30H32ClN5O2S2. The van der Waals surface area contributed by atoms with Gasteiger partial charge in [0.1, 0.15) is 6.04 Å². The van der Waals surface area contributed by atoms with Crippen LogP contribution in [0.2, 0.25) is 5.02 Å². The SMILES string of the molecule is C=CCSCC(NC(=O)CCCNc1c2c(nc3cc(Cl)ccc13)CCCC2)C(=O)Nc1nc2ccccc2s1. The summed E-state index contributed by atoms with van der Waals surface area (Å²) in [5.74, 6) is 0.722. The molecule has 2 heterocycles. The van der Waals surface area contributed by atoms with Gasteiger partial charge in [-0.15, -0.1) is 6.58 Å². The topological polar surface area (TPSA) is 96.0 Å². The number of hydrogen-bond donors (Lipinski definition) is 3. The first kappa shape index (κ1) is 28.4. The number of carbonyl (C=O) groups is 2. The highest BCUT2D eigenvalue weighted by Gasteiger charge is 2.22. The van der Waals surface area contributed by atoms with Crippen LogP contribution in [-0.2, 0) is 22.4 Å². The molecule has 0 radical (unpaired) electrons. The van der Waals surface area contributed by atoms with Crippen molar-refractivity contribution < 1.29 is 9.59 Å². The molecule has 1 atom stereocenters. The number of nitrogens with zero attached hydrogens (tertiary/aromatic N) is 2. The molecule has 5 rings (SSSR count). The van der Waals surface area contributed by atoms with Crippen LogP contribution in [0.1, 0.15) is 36.9 Å². The summed E-state index contributed by atoms with van der Waals surface area (Å²) in [6.45, 7) is 4.38. The highest BCUT2D eigenvalue weighted by Crippen LogP contribution is 2.34. The third-order valence-corrected chi connectivity index (χ3v) is 9.03. The Labute approximate surface area is 247 Å². The van der Waals surface area contributed by atoms with Crippen molar-refractivity contribution in [3.05, 3.63) is 71.4 Å². The third-order valence-electron chi connectivity index (χ3n) is 6.80. The normalized spacial score (nSPS) is 13.5. The van der Waals surface area contributed by atoms with Gasteiger partial charge in [-0.05, 0) is 68.0 Å². The quantitative estimate of drug-likeness (QED) is 0.126. The van der Waals surface area contributed by atoms with Crippen LogP contribution in [0, 0.1) is 0 Å². The largest absolute Gasteiger partial charge is 0.384 e. The number of halogens is 1. The van der Waals surface area contributed by atoms with Crippen LogP contribution < -0.4 is 16.0 Å². The summed E-state index contributed by atoms with van der Waals surface area (Å²) >= 11 is 9.21. The number of thiazole rings is 1. The molecule has 1 aliphatic carbocycles. The zero-order chi connectivity index (χ0) is 27.9. The maximum absolute atomic E-state index is 13.1. The van der Waals surface area contributed by atoms with Gasteiger partial charge in [0.2, 0.25) is 11.8 Å². The van der Waals surface area contributed by atoms with Gasteiger partial charge in [0, 0.05) is 46.3 Å². The van der Waals surface area contributed by atoms with E-state index in [0.29, 0.717) is 41.0 Å². The zero-order valence-electron chi connectivity index (χ0n) is 22.2. The van der Waals surface area contributed by atoms with E-state index >= 15 is 0 Å². The number of pyridine rings is 1. The van der Waals surface area contributed by atoms with Crippen molar-refractivity contribution in [2.45, 2.75) is 44.6 Å². The van der Waals surface area contributed by atoms with Crippen LogP contribution in [0.5, 0.6) is 0 Å². The molecular weight excluding hydrogens is 562 g/mol. The number of thioether (sulfide) groups is 1. The molecule has 3 N–H and O–H groups in total. The summed E-state index contributed by atoms with van der Waals surface area (Å²) < 4.78 is 0.998. The lowest BCUT2D eigenvalue weighted by molar-refractivity contribution is -0.126. The fourth-order valence-corrected chi connectivity index (χ4v) is 6.71. The average molecular weight is 594 g/mol. The summed E-state index contributed by atoms with van der Waals surface area (Å²) in [7, 11) is 0. The molecule has 2 aromatic heterocycles. The van der Waals surface area contributed by atoms with E-state index in [1.807, 2.05) is 42.5 Å². The van der Waals surface area contributed by atoms with Crippen LogP contribution in [-0.4, -0.2) is 45.9 Å². The highest BCUT2D eigenvalue weighted by atomic mass is 35.5. The van der Waals surface area contributed by atoms with Crippen molar-refractivity contribution in [2.24, 2.45) is 0 Å². The molecule has 0 aliphatic heterocycles. The molecule has 0 fully saturated rings. The van der Waals surface area contributed by atoms with Gasteiger partial charge in [0.15, 0.2) is 5.13 Å². The van der Waals surface area contributed by atoms with Crippen molar-refractivity contribution in [3.63, 3.8) is 0 Å². The molecule has 2 aromatic carbocycles. The molecule has 10 heteroatoms. The second kappa shape index (κ2) is 13.5. The molecule has 2 amide bonds. The van der Waals surface area contributed by atoms with Gasteiger partial charge in [-0.2, -0.15) is 11.8 Å². The number of carbonyl (C=O) groups excluding carboxylic acids is 2. The molecule has 1 unspecified atom stereocenters. The Hall–Kier alpha value is -3.14. The van der Waals surface area contributed by atoms with Crippen molar-refractivity contribution in [3.8, 4) is 0 Å². The van der Waals surface area contributed by atoms with E-state index in [1.54, 1.807) is 17.8 Å². The molecule has 40 heavy (non-hydrogen) atoms. The molecule has 0 saturated heterocycles. The third kappa shape index (κ3) is 6.95. The Bertz CT molecular complexity index is 1510. The van der Waals surface area contributed by atoms with Crippen LogP contribution in [0.4, 0.5) is 10.8 Å². The van der Waals surface area contributed by atoms with E-state index in [2.05, 4.69) is 27.5 Å². The predicted molar refractivity (Wildman–Crippen MR) is 169 cm³/mol. The fraction of sp³-hybridized carbons (Fsp3) is 0.333. The molecule has 208 valence electrons. The van der Waals surface area contributed by atoms with Gasteiger partial charge < -0.3 is 16.0 Å². The van der Waals surface area contributed by atoms with Crippen LogP contribution in [0.15, 0.2) is 55.1 Å². The van der Waals surface area contributed by atoms with Crippen LogP contribution in [0.3, 0.4) is 0 Å². The Morgan fingerprint density at radius 2 is 1.98 bits per heavy atom. The predicted octanol–water partition coefficient (Wildman–Crippen LogP) is 6.61. The minimum Gasteiger partial charge on any atom is -0.384 e. The van der Waals surface area contributed by atoms with Crippen LogP contribution >= 0.6 is 34.7 Å². The molecule has 0 bridgehead atoms. The van der Waals surface area contributed by atoms with E-state index in [4.69, 9.17) is 16.6 Å². The number of anilines is 2. The van der Waals surface area contributed by atoms with Crippen LogP contribution in [0.25, 0.3) is 21.1 Å². The van der Waals surface area contributed by atoms with Gasteiger partial charge >= 0.3 is 0 Å². The first-order valence-electron chi connectivity index (χ1n) is 13.5. The van der Waals surface area contributed by atoms with Crippen molar-refractivity contribution in [2.75, 3.05) is 28.7 Å². The van der Waals surface area contributed by atoms with E-state index < -0.39 is 6.04 Å². The summed E-state index contributed by atoms with van der Waals surface area (Å²) in [4.78, 5) is 35.4. The molecule has 0 saturated carbocycles. The average Bonchev–Trinajstić information content (AvgIpc) is 3.36. The van der Waals surface area contributed by atoms with Crippen molar-refractivity contribution in [1.82, 2.24) is 15.3 Å². The lowest BCUT2D eigenvalue weighted by atomic mass is 9.92. The summed E-state index contributed by atoms with van der Waals surface area (Å²) in [6, 6.07) is 12.9. The number of fused-ring (bicyclic) bond motifs is 3. The van der Waals surface area contributed by atoms with Crippen molar-refractivity contribution in [1.29, 1.82) is 0 Å². The molecule has 4 aromatic rings. The fourth-order valence-electron chi connectivity index (χ4n) is 4.90. The van der Waals surface area contributed by atoms with E-state index in [0.717, 1.165) is 58.2 Å². The number of hydrogen-bond acceptors (Lipinski definition) is 7.